The van der Waals surface area contributed by atoms with Gasteiger partial charge in [-0.1, -0.05) is 23.7 Å². The molecule has 6 nitrogen and oxygen atoms in total. The number of urea groups is 1. The lowest BCUT2D eigenvalue weighted by molar-refractivity contribution is 0.184. The Morgan fingerprint density at radius 1 is 1.38 bits per heavy atom. The number of anilines is 2. The van der Waals surface area contributed by atoms with Crippen molar-refractivity contribution >= 4 is 29.0 Å². The fourth-order valence-electron chi connectivity index (χ4n) is 2.18. The largest absolute Gasteiger partial charge is 0.379 e. The summed E-state index contributed by atoms with van der Waals surface area (Å²) in [4.78, 5) is 11.9. The number of benzene rings is 1. The molecule has 1 atom stereocenters. The van der Waals surface area contributed by atoms with Gasteiger partial charge in [0.25, 0.3) is 0 Å². The van der Waals surface area contributed by atoms with E-state index in [1.165, 1.54) is 0 Å². The zero-order valence-corrected chi connectivity index (χ0v) is 12.0. The van der Waals surface area contributed by atoms with E-state index in [9.17, 15) is 4.79 Å². The summed E-state index contributed by atoms with van der Waals surface area (Å²) < 4.78 is 7.14. The van der Waals surface area contributed by atoms with Crippen molar-refractivity contribution in [2.75, 3.05) is 23.8 Å². The molecule has 3 rings (SSSR count). The molecular weight excluding hydrogens is 292 g/mol. The van der Waals surface area contributed by atoms with E-state index < -0.39 is 0 Å². The molecule has 1 aliphatic heterocycles. The summed E-state index contributed by atoms with van der Waals surface area (Å²) >= 11 is 5.99. The number of hydrogen-bond donors (Lipinski definition) is 2. The molecule has 1 aliphatic rings. The molecule has 7 heteroatoms. The van der Waals surface area contributed by atoms with Crippen LogP contribution in [0.25, 0.3) is 0 Å². The maximum Gasteiger partial charge on any atom is 0.323 e. The summed E-state index contributed by atoms with van der Waals surface area (Å²) in [6, 6.07) is 6.95. The van der Waals surface area contributed by atoms with Gasteiger partial charge in [-0.15, -0.1) is 0 Å². The average molecular weight is 307 g/mol. The Kier molecular flexibility index (Phi) is 4.08. The molecule has 1 aromatic carbocycles. The number of carbonyl (C=O) groups excluding carboxylic acids is 1. The number of halogens is 1. The van der Waals surface area contributed by atoms with Gasteiger partial charge in [0.05, 0.1) is 35.2 Å². The predicted octanol–water partition coefficient (Wildman–Crippen LogP) is 3.14. The molecule has 1 fully saturated rings. The molecule has 2 aromatic rings. The van der Waals surface area contributed by atoms with E-state index in [-0.39, 0.29) is 12.1 Å². The molecule has 0 aliphatic carbocycles. The first-order valence-electron chi connectivity index (χ1n) is 6.67. The fourth-order valence-corrected chi connectivity index (χ4v) is 2.36. The molecule has 1 saturated heterocycles. The second kappa shape index (κ2) is 6.15. The molecule has 1 aromatic heterocycles. The summed E-state index contributed by atoms with van der Waals surface area (Å²) in [5.74, 6) is 0. The quantitative estimate of drug-likeness (QED) is 0.915. The number of aromatic nitrogens is 2. The number of amides is 2. The Bertz CT molecular complexity index is 637. The van der Waals surface area contributed by atoms with Crippen LogP contribution in [0.2, 0.25) is 5.02 Å². The second-order valence-electron chi connectivity index (χ2n) is 4.79. The third-order valence-corrected chi connectivity index (χ3v) is 3.59. The van der Waals surface area contributed by atoms with Gasteiger partial charge in [-0.2, -0.15) is 5.10 Å². The van der Waals surface area contributed by atoms with Crippen LogP contribution < -0.4 is 10.6 Å². The van der Waals surface area contributed by atoms with Gasteiger partial charge < -0.3 is 15.4 Å². The summed E-state index contributed by atoms with van der Waals surface area (Å²) in [5.41, 5.74) is 1.19. The molecule has 110 valence electrons. The summed E-state index contributed by atoms with van der Waals surface area (Å²) in [7, 11) is 0. The van der Waals surface area contributed by atoms with Crippen molar-refractivity contribution in [1.29, 1.82) is 0 Å². The van der Waals surface area contributed by atoms with Crippen LogP contribution in [0.15, 0.2) is 36.7 Å². The van der Waals surface area contributed by atoms with Gasteiger partial charge >= 0.3 is 6.03 Å². The lowest BCUT2D eigenvalue weighted by atomic mass is 10.3. The fraction of sp³-hybridized carbons (Fsp3) is 0.286. The third kappa shape index (κ3) is 3.34. The molecule has 0 bridgehead atoms. The van der Waals surface area contributed by atoms with Crippen LogP contribution in [-0.4, -0.2) is 29.0 Å². The lowest BCUT2D eigenvalue weighted by Gasteiger charge is -2.08. The first-order chi connectivity index (χ1) is 10.2. The van der Waals surface area contributed by atoms with E-state index in [4.69, 9.17) is 16.3 Å². The van der Waals surface area contributed by atoms with Crippen molar-refractivity contribution in [2.24, 2.45) is 0 Å². The number of rotatable bonds is 3. The SMILES string of the molecule is O=C(Nc1cnn([C@H]2CCOC2)c1)Nc1ccccc1Cl. The zero-order chi connectivity index (χ0) is 14.7. The van der Waals surface area contributed by atoms with Crippen LogP contribution in [0, 0.1) is 0 Å². The van der Waals surface area contributed by atoms with Gasteiger partial charge in [0, 0.05) is 12.8 Å². The van der Waals surface area contributed by atoms with Crippen LogP contribution in [0.5, 0.6) is 0 Å². The van der Waals surface area contributed by atoms with Crippen molar-refractivity contribution in [3.63, 3.8) is 0 Å². The van der Waals surface area contributed by atoms with E-state index in [0.717, 1.165) is 13.0 Å². The molecule has 0 saturated carbocycles. The van der Waals surface area contributed by atoms with Crippen LogP contribution in [0.1, 0.15) is 12.5 Å². The number of nitrogens with zero attached hydrogens (tertiary/aromatic N) is 2. The normalized spacial score (nSPS) is 17.7. The minimum absolute atomic E-state index is 0.243. The van der Waals surface area contributed by atoms with Crippen molar-refractivity contribution in [3.8, 4) is 0 Å². The first-order valence-corrected chi connectivity index (χ1v) is 7.04. The van der Waals surface area contributed by atoms with Crippen molar-refractivity contribution in [2.45, 2.75) is 12.5 Å². The van der Waals surface area contributed by atoms with E-state index in [0.29, 0.717) is 23.0 Å². The van der Waals surface area contributed by atoms with Gasteiger partial charge in [-0.25, -0.2) is 4.79 Å². The topological polar surface area (TPSA) is 68.2 Å². The maximum absolute atomic E-state index is 11.9. The number of para-hydroxylation sites is 1. The highest BCUT2D eigenvalue weighted by atomic mass is 35.5. The Balaban J connectivity index is 1.61. The minimum Gasteiger partial charge on any atom is -0.379 e. The zero-order valence-electron chi connectivity index (χ0n) is 11.3. The summed E-state index contributed by atoms with van der Waals surface area (Å²) in [6.07, 6.45) is 4.35. The molecule has 0 spiro atoms. The Hall–Kier alpha value is -2.05. The van der Waals surface area contributed by atoms with E-state index in [1.54, 1.807) is 36.7 Å². The van der Waals surface area contributed by atoms with Crippen LogP contribution in [-0.2, 0) is 4.74 Å². The predicted molar refractivity (Wildman–Crippen MR) is 80.8 cm³/mol. The molecule has 2 amide bonds. The second-order valence-corrected chi connectivity index (χ2v) is 5.19. The van der Waals surface area contributed by atoms with Gasteiger partial charge in [0.2, 0.25) is 0 Å². The lowest BCUT2D eigenvalue weighted by Crippen LogP contribution is -2.19. The molecule has 0 radical (unpaired) electrons. The van der Waals surface area contributed by atoms with Gasteiger partial charge in [0.15, 0.2) is 0 Å². The molecule has 0 unspecified atom stereocenters. The van der Waals surface area contributed by atoms with Gasteiger partial charge in [-0.3, -0.25) is 4.68 Å². The van der Waals surface area contributed by atoms with Crippen molar-refractivity contribution < 1.29 is 9.53 Å². The average Bonchev–Trinajstić information content (AvgIpc) is 3.12. The smallest absolute Gasteiger partial charge is 0.323 e. The van der Waals surface area contributed by atoms with Crippen LogP contribution in [0.4, 0.5) is 16.2 Å². The van der Waals surface area contributed by atoms with E-state index >= 15 is 0 Å². The standard InChI is InChI=1S/C14H15ClN4O2/c15-12-3-1-2-4-13(12)18-14(20)17-10-7-16-19(8-10)11-5-6-21-9-11/h1-4,7-8,11H,5-6,9H2,(H2,17,18,20)/t11-/m0/s1. The van der Waals surface area contributed by atoms with E-state index in [2.05, 4.69) is 15.7 Å². The molecular formula is C14H15ClN4O2. The van der Waals surface area contributed by atoms with Crippen molar-refractivity contribution in [3.05, 3.63) is 41.7 Å². The highest BCUT2D eigenvalue weighted by molar-refractivity contribution is 6.33. The van der Waals surface area contributed by atoms with Gasteiger partial charge in [0.1, 0.15) is 0 Å². The van der Waals surface area contributed by atoms with Crippen LogP contribution >= 0.6 is 11.6 Å². The monoisotopic (exact) mass is 306 g/mol. The molecule has 21 heavy (non-hydrogen) atoms. The molecule has 2 heterocycles. The first kappa shape index (κ1) is 13.9. The van der Waals surface area contributed by atoms with Crippen LogP contribution in [0.3, 0.4) is 0 Å². The van der Waals surface area contributed by atoms with Crippen molar-refractivity contribution in [1.82, 2.24) is 9.78 Å². The number of hydrogen-bond acceptors (Lipinski definition) is 3. The van der Waals surface area contributed by atoms with Gasteiger partial charge in [-0.05, 0) is 18.6 Å². The summed E-state index contributed by atoms with van der Waals surface area (Å²) in [5, 5.41) is 10.2. The number of carbonyl (C=O) groups is 1. The number of nitrogens with one attached hydrogen (secondary N) is 2. The molecule has 2 N–H and O–H groups in total. The minimum atomic E-state index is -0.356. The highest BCUT2D eigenvalue weighted by Crippen LogP contribution is 2.22. The Labute approximate surface area is 127 Å². The third-order valence-electron chi connectivity index (χ3n) is 3.26. The Morgan fingerprint density at radius 3 is 3.00 bits per heavy atom. The number of ether oxygens (including phenoxy) is 1. The summed E-state index contributed by atoms with van der Waals surface area (Å²) in [6.45, 7) is 1.41. The Morgan fingerprint density at radius 2 is 2.24 bits per heavy atom. The van der Waals surface area contributed by atoms with E-state index in [1.807, 2.05) is 4.68 Å². The highest BCUT2D eigenvalue weighted by Gasteiger charge is 2.18. The maximum atomic E-state index is 11.9.